The van der Waals surface area contributed by atoms with Crippen molar-refractivity contribution in [2.45, 2.75) is 25.3 Å². The molecule has 92 valence electrons. The summed E-state index contributed by atoms with van der Waals surface area (Å²) in [4.78, 5) is 13.6. The molecule has 0 spiro atoms. The van der Waals surface area contributed by atoms with Gasteiger partial charge >= 0.3 is 0 Å². The van der Waals surface area contributed by atoms with Crippen LogP contribution in [0.4, 0.5) is 0 Å². The van der Waals surface area contributed by atoms with Crippen LogP contribution in [0.15, 0.2) is 25.3 Å². The predicted octanol–water partition coefficient (Wildman–Crippen LogP) is 1.75. The lowest BCUT2D eigenvalue weighted by molar-refractivity contribution is -0.130. The molecule has 1 fully saturated rings. The van der Waals surface area contributed by atoms with E-state index in [0.717, 1.165) is 13.0 Å². The maximum Gasteiger partial charge on any atom is 0.224 e. The van der Waals surface area contributed by atoms with Gasteiger partial charge in [0.2, 0.25) is 5.91 Å². The van der Waals surface area contributed by atoms with Crippen LogP contribution in [0, 0.1) is 0 Å². The second-order valence-corrected chi connectivity index (χ2v) is 3.87. The van der Waals surface area contributed by atoms with E-state index in [4.69, 9.17) is 0 Å². The van der Waals surface area contributed by atoms with E-state index in [0.29, 0.717) is 25.6 Å². The minimum absolute atomic E-state index is 0. The first-order valence-electron chi connectivity index (χ1n) is 5.51. The Hall–Kier alpha value is -0.800. The van der Waals surface area contributed by atoms with Crippen molar-refractivity contribution >= 4 is 18.3 Å². The summed E-state index contributed by atoms with van der Waals surface area (Å²) in [6, 6.07) is 0.370. The van der Waals surface area contributed by atoms with Crippen LogP contribution in [-0.2, 0) is 4.79 Å². The van der Waals surface area contributed by atoms with Crippen molar-refractivity contribution in [3.8, 4) is 0 Å². The molecule has 1 N–H and O–H groups in total. The third kappa shape index (κ3) is 4.81. The molecule has 0 aromatic heterocycles. The lowest BCUT2D eigenvalue weighted by atomic mass is 10.1. The summed E-state index contributed by atoms with van der Waals surface area (Å²) in [6.07, 6.45) is 6.40. The summed E-state index contributed by atoms with van der Waals surface area (Å²) in [5, 5.41) is 3.33. The van der Waals surface area contributed by atoms with E-state index in [1.54, 1.807) is 17.1 Å². The Bertz CT molecular complexity index is 227. The van der Waals surface area contributed by atoms with Gasteiger partial charge in [0.05, 0.1) is 0 Å². The number of carbonyl (C=O) groups excluding carboxylic acids is 1. The molecule has 0 radical (unpaired) electrons. The molecule has 1 unspecified atom stereocenters. The quantitative estimate of drug-likeness (QED) is 0.722. The molecule has 0 aliphatic carbocycles. The SMILES string of the molecule is C=CCN(CC=C)C(=O)CC1CCCN1.Cl. The van der Waals surface area contributed by atoms with E-state index in [9.17, 15) is 4.79 Å². The van der Waals surface area contributed by atoms with Gasteiger partial charge in [-0.1, -0.05) is 12.2 Å². The van der Waals surface area contributed by atoms with Crippen molar-refractivity contribution in [3.63, 3.8) is 0 Å². The minimum Gasteiger partial charge on any atom is -0.335 e. The molecule has 3 nitrogen and oxygen atoms in total. The molecule has 0 aromatic carbocycles. The molecule has 1 amide bonds. The van der Waals surface area contributed by atoms with Gasteiger partial charge in [0.1, 0.15) is 0 Å². The van der Waals surface area contributed by atoms with E-state index < -0.39 is 0 Å². The van der Waals surface area contributed by atoms with Crippen LogP contribution < -0.4 is 5.32 Å². The Balaban J connectivity index is 0.00000225. The number of halogens is 1. The predicted molar refractivity (Wildman–Crippen MR) is 69.9 cm³/mol. The Labute approximate surface area is 104 Å². The van der Waals surface area contributed by atoms with Crippen LogP contribution in [0.3, 0.4) is 0 Å². The molecule has 4 heteroatoms. The van der Waals surface area contributed by atoms with E-state index in [1.807, 2.05) is 0 Å². The van der Waals surface area contributed by atoms with E-state index in [-0.39, 0.29) is 18.3 Å². The summed E-state index contributed by atoms with van der Waals surface area (Å²) >= 11 is 0. The van der Waals surface area contributed by atoms with Gasteiger partial charge in [0.25, 0.3) is 0 Å². The summed E-state index contributed by atoms with van der Waals surface area (Å²) in [5.41, 5.74) is 0. The lowest BCUT2D eigenvalue weighted by Gasteiger charge is -2.21. The molecule has 1 aliphatic heterocycles. The fourth-order valence-electron chi connectivity index (χ4n) is 1.86. The smallest absolute Gasteiger partial charge is 0.224 e. The summed E-state index contributed by atoms with van der Waals surface area (Å²) < 4.78 is 0. The van der Waals surface area contributed by atoms with Crippen LogP contribution in [0.2, 0.25) is 0 Å². The molecule has 0 bridgehead atoms. The number of nitrogens with one attached hydrogen (secondary N) is 1. The largest absolute Gasteiger partial charge is 0.335 e. The second-order valence-electron chi connectivity index (χ2n) is 3.87. The highest BCUT2D eigenvalue weighted by Crippen LogP contribution is 2.10. The van der Waals surface area contributed by atoms with Crippen molar-refractivity contribution < 1.29 is 4.79 Å². The van der Waals surface area contributed by atoms with Gasteiger partial charge in [-0.25, -0.2) is 0 Å². The summed E-state index contributed by atoms with van der Waals surface area (Å²) in [5.74, 6) is 0.189. The van der Waals surface area contributed by atoms with Gasteiger partial charge in [0.15, 0.2) is 0 Å². The number of hydrogen-bond acceptors (Lipinski definition) is 2. The lowest BCUT2D eigenvalue weighted by Crippen LogP contribution is -2.36. The molecular weight excluding hydrogens is 224 g/mol. The van der Waals surface area contributed by atoms with Gasteiger partial charge in [-0.2, -0.15) is 0 Å². The monoisotopic (exact) mass is 244 g/mol. The van der Waals surface area contributed by atoms with Gasteiger partial charge in [-0.05, 0) is 19.4 Å². The van der Waals surface area contributed by atoms with Crippen molar-refractivity contribution in [1.29, 1.82) is 0 Å². The van der Waals surface area contributed by atoms with E-state index >= 15 is 0 Å². The number of rotatable bonds is 6. The third-order valence-electron chi connectivity index (χ3n) is 2.64. The molecule has 1 atom stereocenters. The average molecular weight is 245 g/mol. The van der Waals surface area contributed by atoms with Crippen molar-refractivity contribution in [2.75, 3.05) is 19.6 Å². The second kappa shape index (κ2) is 8.36. The molecule has 0 aromatic rings. The maximum atomic E-state index is 11.9. The van der Waals surface area contributed by atoms with Crippen molar-refractivity contribution in [1.82, 2.24) is 10.2 Å². The highest BCUT2D eigenvalue weighted by atomic mass is 35.5. The molecule has 1 heterocycles. The number of carbonyl (C=O) groups is 1. The Morgan fingerprint density at radius 2 is 2.00 bits per heavy atom. The van der Waals surface area contributed by atoms with Crippen molar-refractivity contribution in [2.24, 2.45) is 0 Å². The topological polar surface area (TPSA) is 32.3 Å². The summed E-state index contributed by atoms with van der Waals surface area (Å²) in [6.45, 7) is 9.57. The maximum absolute atomic E-state index is 11.9. The Morgan fingerprint density at radius 1 is 1.38 bits per heavy atom. The highest BCUT2D eigenvalue weighted by molar-refractivity contribution is 5.85. The van der Waals surface area contributed by atoms with Gasteiger partial charge in [0, 0.05) is 25.6 Å². The zero-order chi connectivity index (χ0) is 11.1. The fourth-order valence-corrected chi connectivity index (χ4v) is 1.86. The van der Waals surface area contributed by atoms with Crippen LogP contribution in [-0.4, -0.2) is 36.5 Å². The highest BCUT2D eigenvalue weighted by Gasteiger charge is 2.20. The fraction of sp³-hybridized carbons (Fsp3) is 0.583. The van der Waals surface area contributed by atoms with Gasteiger partial charge in [-0.15, -0.1) is 25.6 Å². The Kier molecular flexibility index (Phi) is 7.95. The standard InChI is InChI=1S/C12H20N2O.ClH/c1-3-8-14(9-4-2)12(15)10-11-6-5-7-13-11;/h3-4,11,13H,1-2,5-10H2;1H. The molecule has 1 aliphatic rings. The van der Waals surface area contributed by atoms with Crippen LogP contribution in [0.25, 0.3) is 0 Å². The number of amides is 1. The van der Waals surface area contributed by atoms with Gasteiger partial charge < -0.3 is 10.2 Å². The first kappa shape index (κ1) is 15.2. The zero-order valence-electron chi connectivity index (χ0n) is 9.65. The average Bonchev–Trinajstić information content (AvgIpc) is 2.70. The zero-order valence-corrected chi connectivity index (χ0v) is 10.5. The number of hydrogen-bond donors (Lipinski definition) is 1. The van der Waals surface area contributed by atoms with Crippen molar-refractivity contribution in [3.05, 3.63) is 25.3 Å². The molecule has 1 rings (SSSR count). The first-order valence-corrected chi connectivity index (χ1v) is 5.51. The van der Waals surface area contributed by atoms with Crippen LogP contribution in [0.5, 0.6) is 0 Å². The van der Waals surface area contributed by atoms with E-state index in [1.165, 1.54) is 6.42 Å². The molecule has 1 saturated heterocycles. The van der Waals surface area contributed by atoms with Crippen LogP contribution in [0.1, 0.15) is 19.3 Å². The third-order valence-corrected chi connectivity index (χ3v) is 2.64. The molecular formula is C12H21ClN2O. The normalized spacial score (nSPS) is 18.6. The number of nitrogens with zero attached hydrogens (tertiary/aromatic N) is 1. The van der Waals surface area contributed by atoms with Crippen LogP contribution >= 0.6 is 12.4 Å². The van der Waals surface area contributed by atoms with E-state index in [2.05, 4.69) is 18.5 Å². The molecule has 16 heavy (non-hydrogen) atoms. The van der Waals surface area contributed by atoms with Gasteiger partial charge in [-0.3, -0.25) is 4.79 Å². The first-order chi connectivity index (χ1) is 7.27. The summed E-state index contributed by atoms with van der Waals surface area (Å²) in [7, 11) is 0. The molecule has 0 saturated carbocycles. The minimum atomic E-state index is 0. The Morgan fingerprint density at radius 3 is 2.44 bits per heavy atom.